The number of hydrazone groups is 1. The lowest BCUT2D eigenvalue weighted by Gasteiger charge is -2.13. The largest absolute Gasteiger partial charge is 0.417 e. The quantitative estimate of drug-likeness (QED) is 0.597. The Balaban J connectivity index is 2.10. The summed E-state index contributed by atoms with van der Waals surface area (Å²) < 4.78 is 38.9. The number of hydrogen-bond donors (Lipinski definition) is 4. The second-order valence-corrected chi connectivity index (χ2v) is 3.92. The van der Waals surface area contributed by atoms with Gasteiger partial charge in [0.25, 0.3) is 0 Å². The predicted octanol–water partition coefficient (Wildman–Crippen LogP) is 0.489. The molecule has 19 heavy (non-hydrogen) atoms. The van der Waals surface area contributed by atoms with Crippen LogP contribution in [0.25, 0.3) is 5.70 Å². The zero-order chi connectivity index (χ0) is 13.6. The first kappa shape index (κ1) is 11.7. The zero-order valence-electron chi connectivity index (χ0n) is 9.42. The molecule has 0 atom stereocenters. The molecule has 0 saturated heterocycles. The van der Waals surface area contributed by atoms with Gasteiger partial charge in [-0.25, -0.2) is 5.01 Å². The lowest BCUT2D eigenvalue weighted by molar-refractivity contribution is -0.137. The van der Waals surface area contributed by atoms with Crippen LogP contribution >= 0.6 is 0 Å². The number of benzene rings is 1. The summed E-state index contributed by atoms with van der Waals surface area (Å²) in [6, 6.07) is 5.26. The summed E-state index contributed by atoms with van der Waals surface area (Å²) in [6.07, 6.45) is -4.44. The maximum Gasteiger partial charge on any atom is 0.417 e. The molecule has 1 aromatic carbocycles. The SMILES string of the molecule is NC1=NNC2=C(c3ccccc3C(F)(F)F)NNN12. The summed E-state index contributed by atoms with van der Waals surface area (Å²) in [5.74, 6) is 0.441. The molecule has 5 N–H and O–H groups in total. The fraction of sp³-hybridized carbons (Fsp3) is 0.100. The summed E-state index contributed by atoms with van der Waals surface area (Å²) >= 11 is 0. The van der Waals surface area contributed by atoms with E-state index in [9.17, 15) is 13.2 Å². The standard InChI is InChI=1S/C10H9F3N6/c11-10(12,13)6-4-2-1-3-5(6)7-8-16-17-9(14)19(8)18-15-7/h1-4,15-16,18H,(H2,14,17). The first-order valence-corrected chi connectivity index (χ1v) is 5.30. The van der Waals surface area contributed by atoms with Crippen molar-refractivity contribution in [3.8, 4) is 0 Å². The number of nitrogens with zero attached hydrogens (tertiary/aromatic N) is 2. The highest BCUT2D eigenvalue weighted by atomic mass is 19.4. The van der Waals surface area contributed by atoms with Gasteiger partial charge in [0.15, 0.2) is 5.82 Å². The van der Waals surface area contributed by atoms with Gasteiger partial charge in [0, 0.05) is 5.56 Å². The van der Waals surface area contributed by atoms with Gasteiger partial charge in [-0.1, -0.05) is 18.2 Å². The van der Waals surface area contributed by atoms with Crippen molar-refractivity contribution in [2.75, 3.05) is 0 Å². The number of hydrazine groups is 2. The molecule has 3 rings (SSSR count). The number of guanidine groups is 1. The first-order chi connectivity index (χ1) is 8.98. The Kier molecular flexibility index (Phi) is 2.32. The molecule has 0 saturated carbocycles. The molecule has 1 aromatic rings. The van der Waals surface area contributed by atoms with Gasteiger partial charge >= 0.3 is 6.18 Å². The molecule has 0 unspecified atom stereocenters. The van der Waals surface area contributed by atoms with Crippen molar-refractivity contribution < 1.29 is 13.2 Å². The summed E-state index contributed by atoms with van der Waals surface area (Å²) in [6.45, 7) is 0. The highest BCUT2D eigenvalue weighted by Crippen LogP contribution is 2.35. The third kappa shape index (κ3) is 1.74. The average molecular weight is 270 g/mol. The normalized spacial score (nSPS) is 18.1. The fourth-order valence-corrected chi connectivity index (χ4v) is 1.92. The molecule has 6 nitrogen and oxygen atoms in total. The lowest BCUT2D eigenvalue weighted by atomic mass is 10.0. The minimum absolute atomic E-state index is 0.0115. The van der Waals surface area contributed by atoms with Crippen LogP contribution in [0.4, 0.5) is 13.2 Å². The van der Waals surface area contributed by atoms with Crippen molar-refractivity contribution in [3.63, 3.8) is 0 Å². The van der Waals surface area contributed by atoms with Gasteiger partial charge in [-0.3, -0.25) is 10.9 Å². The third-order valence-electron chi connectivity index (χ3n) is 2.76. The molecule has 0 aliphatic carbocycles. The fourth-order valence-electron chi connectivity index (χ4n) is 1.92. The molecule has 0 amide bonds. The highest BCUT2D eigenvalue weighted by Gasteiger charge is 2.37. The van der Waals surface area contributed by atoms with E-state index in [-0.39, 0.29) is 17.2 Å². The van der Waals surface area contributed by atoms with Crippen LogP contribution in [0.2, 0.25) is 0 Å². The summed E-state index contributed by atoms with van der Waals surface area (Å²) in [4.78, 5) is 0. The van der Waals surface area contributed by atoms with E-state index in [4.69, 9.17) is 5.73 Å². The Morgan fingerprint density at radius 1 is 1.21 bits per heavy atom. The van der Waals surface area contributed by atoms with Crippen LogP contribution in [-0.4, -0.2) is 11.0 Å². The van der Waals surface area contributed by atoms with Crippen LogP contribution in [-0.2, 0) is 6.18 Å². The molecule has 0 radical (unpaired) electrons. The van der Waals surface area contributed by atoms with Gasteiger partial charge in [0.1, 0.15) is 5.70 Å². The zero-order valence-corrected chi connectivity index (χ0v) is 9.42. The molecule has 2 aliphatic rings. The van der Waals surface area contributed by atoms with Crippen molar-refractivity contribution in [3.05, 3.63) is 41.2 Å². The Hall–Kier alpha value is -2.42. The molecule has 2 aliphatic heterocycles. The number of nitrogens with two attached hydrogens (primary N) is 1. The van der Waals surface area contributed by atoms with Gasteiger partial charge in [-0.2, -0.15) is 13.2 Å². The lowest BCUT2D eigenvalue weighted by Crippen LogP contribution is -2.43. The number of fused-ring (bicyclic) bond motifs is 1. The molecule has 0 spiro atoms. The van der Waals surface area contributed by atoms with Crippen LogP contribution < -0.4 is 22.1 Å². The van der Waals surface area contributed by atoms with E-state index in [0.717, 1.165) is 6.07 Å². The van der Waals surface area contributed by atoms with Crippen molar-refractivity contribution in [2.45, 2.75) is 6.18 Å². The first-order valence-electron chi connectivity index (χ1n) is 5.30. The number of alkyl halides is 3. The third-order valence-corrected chi connectivity index (χ3v) is 2.76. The monoisotopic (exact) mass is 270 g/mol. The van der Waals surface area contributed by atoms with Gasteiger partial charge in [-0.05, 0) is 6.07 Å². The molecule has 0 bridgehead atoms. The van der Waals surface area contributed by atoms with Crippen LogP contribution in [0.3, 0.4) is 0 Å². The maximum absolute atomic E-state index is 13.0. The predicted molar refractivity (Wildman–Crippen MR) is 61.2 cm³/mol. The number of hydrogen-bond acceptors (Lipinski definition) is 6. The summed E-state index contributed by atoms with van der Waals surface area (Å²) in [5, 5.41) is 5.04. The Bertz CT molecular complexity index is 591. The van der Waals surface area contributed by atoms with E-state index in [0.29, 0.717) is 5.82 Å². The van der Waals surface area contributed by atoms with Crippen LogP contribution in [0.1, 0.15) is 11.1 Å². The molecular formula is C10H9F3N6. The molecule has 0 fully saturated rings. The average Bonchev–Trinajstić information content (AvgIpc) is 2.92. The van der Waals surface area contributed by atoms with Crippen molar-refractivity contribution >= 4 is 11.7 Å². The summed E-state index contributed by atoms with van der Waals surface area (Å²) in [5.41, 5.74) is 12.9. The Morgan fingerprint density at radius 3 is 2.68 bits per heavy atom. The van der Waals surface area contributed by atoms with E-state index < -0.39 is 11.7 Å². The Morgan fingerprint density at radius 2 is 1.95 bits per heavy atom. The number of rotatable bonds is 1. The Labute approximate surface area is 105 Å². The molecule has 100 valence electrons. The number of halogens is 3. The van der Waals surface area contributed by atoms with Gasteiger partial charge in [0.2, 0.25) is 5.96 Å². The van der Waals surface area contributed by atoms with Crippen LogP contribution in [0.5, 0.6) is 0 Å². The van der Waals surface area contributed by atoms with Crippen LogP contribution in [0.15, 0.2) is 35.2 Å². The van der Waals surface area contributed by atoms with E-state index in [1.807, 2.05) is 0 Å². The molecular weight excluding hydrogens is 261 g/mol. The second-order valence-electron chi connectivity index (χ2n) is 3.92. The highest BCUT2D eigenvalue weighted by molar-refractivity contribution is 5.86. The van der Waals surface area contributed by atoms with Gasteiger partial charge in [0.05, 0.1) is 5.56 Å². The molecule has 2 heterocycles. The van der Waals surface area contributed by atoms with E-state index >= 15 is 0 Å². The van der Waals surface area contributed by atoms with Gasteiger partial charge < -0.3 is 5.73 Å². The number of nitrogens with one attached hydrogen (secondary N) is 3. The smallest absolute Gasteiger partial charge is 0.367 e. The minimum atomic E-state index is -4.44. The van der Waals surface area contributed by atoms with Crippen molar-refractivity contribution in [2.24, 2.45) is 10.8 Å². The topological polar surface area (TPSA) is 77.7 Å². The van der Waals surface area contributed by atoms with E-state index in [2.05, 4.69) is 21.5 Å². The molecule has 0 aromatic heterocycles. The van der Waals surface area contributed by atoms with E-state index in [1.165, 1.54) is 23.2 Å². The maximum atomic E-state index is 13.0. The van der Waals surface area contributed by atoms with Crippen LogP contribution in [0, 0.1) is 0 Å². The second kappa shape index (κ2) is 3.79. The van der Waals surface area contributed by atoms with Crippen molar-refractivity contribution in [1.82, 2.24) is 21.4 Å². The summed E-state index contributed by atoms with van der Waals surface area (Å²) in [7, 11) is 0. The van der Waals surface area contributed by atoms with Gasteiger partial charge in [-0.15, -0.1) is 10.6 Å². The van der Waals surface area contributed by atoms with E-state index in [1.54, 1.807) is 0 Å². The van der Waals surface area contributed by atoms with Crippen molar-refractivity contribution in [1.29, 1.82) is 0 Å². The molecule has 9 heteroatoms. The minimum Gasteiger partial charge on any atom is -0.367 e.